The van der Waals surface area contributed by atoms with Crippen LogP contribution in [0.3, 0.4) is 0 Å². The molecule has 7 heteroatoms. The Morgan fingerprint density at radius 2 is 1.90 bits per heavy atom. The van der Waals surface area contributed by atoms with E-state index in [-0.39, 0.29) is 10.6 Å². The molecule has 2 aliphatic rings. The standard InChI is InChI=1S/C14H21N5O2/c15-17-12-4-3-11(19(20)21)13(16-12)18-9-7-14(8-10-18)5-1-2-6-14/h3-4H,1-2,5-10,15H2,(H,16,17). The van der Waals surface area contributed by atoms with Gasteiger partial charge in [0.25, 0.3) is 0 Å². The molecule has 1 saturated heterocycles. The summed E-state index contributed by atoms with van der Waals surface area (Å²) in [6.07, 6.45) is 7.47. The number of nitro groups is 1. The fourth-order valence-corrected chi connectivity index (χ4v) is 3.71. The van der Waals surface area contributed by atoms with Crippen molar-refractivity contribution in [2.75, 3.05) is 23.4 Å². The molecular weight excluding hydrogens is 270 g/mol. The van der Waals surface area contributed by atoms with Gasteiger partial charge in [-0.1, -0.05) is 12.8 Å². The minimum atomic E-state index is -0.372. The largest absolute Gasteiger partial charge is 0.351 e. The number of pyridine rings is 1. The highest BCUT2D eigenvalue weighted by atomic mass is 16.6. The number of hydrogen-bond donors (Lipinski definition) is 2. The molecule has 1 aromatic rings. The average molecular weight is 291 g/mol. The van der Waals surface area contributed by atoms with Gasteiger partial charge in [0.15, 0.2) is 0 Å². The first-order valence-electron chi connectivity index (χ1n) is 7.51. The van der Waals surface area contributed by atoms with Crippen LogP contribution in [-0.2, 0) is 0 Å². The third-order valence-electron chi connectivity index (χ3n) is 4.99. The van der Waals surface area contributed by atoms with Crippen molar-refractivity contribution in [2.45, 2.75) is 38.5 Å². The molecule has 3 rings (SSSR count). The van der Waals surface area contributed by atoms with E-state index in [1.54, 1.807) is 0 Å². The monoisotopic (exact) mass is 291 g/mol. The van der Waals surface area contributed by atoms with Crippen molar-refractivity contribution in [1.29, 1.82) is 0 Å². The Morgan fingerprint density at radius 1 is 1.24 bits per heavy atom. The second-order valence-corrected chi connectivity index (χ2v) is 6.13. The fraction of sp³-hybridized carbons (Fsp3) is 0.643. The second-order valence-electron chi connectivity index (χ2n) is 6.13. The molecule has 1 aliphatic carbocycles. The number of nitrogens with one attached hydrogen (secondary N) is 1. The number of nitrogens with zero attached hydrogens (tertiary/aromatic N) is 3. The third-order valence-corrected chi connectivity index (χ3v) is 4.99. The predicted octanol–water partition coefficient (Wildman–Crippen LogP) is 2.44. The van der Waals surface area contributed by atoms with E-state index < -0.39 is 0 Å². The summed E-state index contributed by atoms with van der Waals surface area (Å²) < 4.78 is 0. The zero-order chi connectivity index (χ0) is 14.9. The molecule has 3 N–H and O–H groups in total. The highest BCUT2D eigenvalue weighted by molar-refractivity contribution is 5.61. The highest BCUT2D eigenvalue weighted by Gasteiger charge is 2.38. The zero-order valence-electron chi connectivity index (χ0n) is 12.0. The number of hydrogen-bond acceptors (Lipinski definition) is 6. The Hall–Kier alpha value is -1.89. The summed E-state index contributed by atoms with van der Waals surface area (Å²) in [5.41, 5.74) is 2.99. The van der Waals surface area contributed by atoms with Crippen LogP contribution in [-0.4, -0.2) is 23.0 Å². The molecule has 1 spiro atoms. The SMILES string of the molecule is NNc1ccc([N+](=O)[O-])c(N2CCC3(CCCC3)CC2)n1. The first-order chi connectivity index (χ1) is 10.1. The van der Waals surface area contributed by atoms with Crippen molar-refractivity contribution in [3.8, 4) is 0 Å². The summed E-state index contributed by atoms with van der Waals surface area (Å²) in [5.74, 6) is 6.26. The number of nitrogen functional groups attached to an aromatic ring is 1. The number of anilines is 2. The Bertz CT molecular complexity index is 532. The summed E-state index contributed by atoms with van der Waals surface area (Å²) >= 11 is 0. The van der Waals surface area contributed by atoms with E-state index in [2.05, 4.69) is 10.4 Å². The molecule has 1 aliphatic heterocycles. The minimum absolute atomic E-state index is 0.0522. The maximum absolute atomic E-state index is 11.2. The van der Waals surface area contributed by atoms with Gasteiger partial charge in [0.05, 0.1) is 4.92 Å². The fourth-order valence-electron chi connectivity index (χ4n) is 3.71. The summed E-state index contributed by atoms with van der Waals surface area (Å²) in [6.45, 7) is 1.67. The van der Waals surface area contributed by atoms with Crippen molar-refractivity contribution in [3.63, 3.8) is 0 Å². The molecule has 0 unspecified atom stereocenters. The van der Waals surface area contributed by atoms with Gasteiger partial charge in [0.2, 0.25) is 5.82 Å². The summed E-state index contributed by atoms with van der Waals surface area (Å²) in [7, 11) is 0. The van der Waals surface area contributed by atoms with Gasteiger partial charge in [-0.3, -0.25) is 10.1 Å². The summed E-state index contributed by atoms with van der Waals surface area (Å²) in [6, 6.07) is 3.00. The molecule has 1 aromatic heterocycles. The van der Waals surface area contributed by atoms with Crippen molar-refractivity contribution in [2.24, 2.45) is 11.3 Å². The second kappa shape index (κ2) is 5.48. The van der Waals surface area contributed by atoms with Crippen LogP contribution in [0.2, 0.25) is 0 Å². The number of nitrogens with two attached hydrogens (primary N) is 1. The van der Waals surface area contributed by atoms with Crippen LogP contribution in [0.4, 0.5) is 17.3 Å². The summed E-state index contributed by atoms with van der Waals surface area (Å²) in [5, 5.41) is 11.2. The number of aromatic nitrogens is 1. The van der Waals surface area contributed by atoms with Crippen LogP contribution in [0.15, 0.2) is 12.1 Å². The molecule has 2 fully saturated rings. The lowest BCUT2D eigenvalue weighted by Crippen LogP contribution is -2.39. The van der Waals surface area contributed by atoms with Crippen LogP contribution >= 0.6 is 0 Å². The number of rotatable bonds is 3. The highest BCUT2D eigenvalue weighted by Crippen LogP contribution is 2.47. The molecule has 7 nitrogen and oxygen atoms in total. The molecule has 114 valence electrons. The lowest BCUT2D eigenvalue weighted by Gasteiger charge is -2.39. The molecule has 0 aromatic carbocycles. The molecule has 0 amide bonds. The van der Waals surface area contributed by atoms with E-state index in [9.17, 15) is 10.1 Å². The predicted molar refractivity (Wildman–Crippen MR) is 81.0 cm³/mol. The average Bonchev–Trinajstić information content (AvgIpc) is 2.95. The molecule has 0 atom stereocenters. The van der Waals surface area contributed by atoms with E-state index in [0.29, 0.717) is 17.1 Å². The van der Waals surface area contributed by atoms with Gasteiger partial charge < -0.3 is 10.3 Å². The molecule has 21 heavy (non-hydrogen) atoms. The maximum Gasteiger partial charge on any atom is 0.311 e. The lowest BCUT2D eigenvalue weighted by atomic mass is 9.77. The molecular formula is C14H21N5O2. The van der Waals surface area contributed by atoms with Gasteiger partial charge in [-0.2, -0.15) is 0 Å². The number of piperidine rings is 1. The van der Waals surface area contributed by atoms with E-state index in [1.807, 2.05) is 4.90 Å². The van der Waals surface area contributed by atoms with Crippen molar-refractivity contribution in [3.05, 3.63) is 22.2 Å². The Kier molecular flexibility index (Phi) is 3.67. The molecule has 0 bridgehead atoms. The van der Waals surface area contributed by atoms with Crippen molar-refractivity contribution in [1.82, 2.24) is 4.98 Å². The lowest BCUT2D eigenvalue weighted by molar-refractivity contribution is -0.384. The van der Waals surface area contributed by atoms with Gasteiger partial charge in [0, 0.05) is 19.2 Å². The number of hydrazine groups is 1. The van der Waals surface area contributed by atoms with Crippen molar-refractivity contribution >= 4 is 17.3 Å². The van der Waals surface area contributed by atoms with Gasteiger partial charge in [0.1, 0.15) is 5.82 Å². The Labute approximate surface area is 123 Å². The van der Waals surface area contributed by atoms with Gasteiger partial charge in [-0.05, 0) is 37.2 Å². The van der Waals surface area contributed by atoms with Gasteiger partial charge in [-0.25, -0.2) is 10.8 Å². The van der Waals surface area contributed by atoms with E-state index in [0.717, 1.165) is 25.9 Å². The maximum atomic E-state index is 11.2. The third kappa shape index (κ3) is 2.65. The Morgan fingerprint density at radius 3 is 2.48 bits per heavy atom. The topological polar surface area (TPSA) is 97.3 Å². The van der Waals surface area contributed by atoms with Crippen LogP contribution in [0.5, 0.6) is 0 Å². The molecule has 1 saturated carbocycles. The summed E-state index contributed by atoms with van der Waals surface area (Å²) in [4.78, 5) is 17.2. The quantitative estimate of drug-likeness (QED) is 0.504. The zero-order valence-corrected chi connectivity index (χ0v) is 12.0. The van der Waals surface area contributed by atoms with E-state index >= 15 is 0 Å². The van der Waals surface area contributed by atoms with Crippen LogP contribution in [0.25, 0.3) is 0 Å². The minimum Gasteiger partial charge on any atom is -0.351 e. The van der Waals surface area contributed by atoms with E-state index in [4.69, 9.17) is 5.84 Å². The first kappa shape index (κ1) is 14.1. The molecule has 2 heterocycles. The normalized spacial score (nSPS) is 20.7. The van der Waals surface area contributed by atoms with E-state index in [1.165, 1.54) is 37.8 Å². The van der Waals surface area contributed by atoms with Crippen molar-refractivity contribution < 1.29 is 4.92 Å². The van der Waals surface area contributed by atoms with Crippen LogP contribution < -0.4 is 16.2 Å². The first-order valence-corrected chi connectivity index (χ1v) is 7.51. The smallest absolute Gasteiger partial charge is 0.311 e. The van der Waals surface area contributed by atoms with Gasteiger partial charge >= 0.3 is 5.69 Å². The van der Waals surface area contributed by atoms with Crippen LogP contribution in [0.1, 0.15) is 38.5 Å². The van der Waals surface area contributed by atoms with Gasteiger partial charge in [-0.15, -0.1) is 0 Å². The molecule has 0 radical (unpaired) electrons. The van der Waals surface area contributed by atoms with Crippen LogP contribution in [0, 0.1) is 15.5 Å². The Balaban J connectivity index is 1.82.